The molecule has 2 aliphatic rings. The maximum atomic E-state index is 14.9. The van der Waals surface area contributed by atoms with Gasteiger partial charge < -0.3 is 0 Å². The summed E-state index contributed by atoms with van der Waals surface area (Å²) in [5.74, 6) is -0.168. The van der Waals surface area contributed by atoms with Crippen molar-refractivity contribution < 1.29 is 21.6 Å². The van der Waals surface area contributed by atoms with E-state index in [2.05, 4.69) is 0 Å². The van der Waals surface area contributed by atoms with Crippen LogP contribution in [-0.2, 0) is 35.7 Å². The number of Topliss-reactive ketones (excluding diaryl/α,β-unsaturated/α-hetero) is 1. The van der Waals surface area contributed by atoms with Gasteiger partial charge in [0.2, 0.25) is 20.0 Å². The standard InChI is InChI=1S/C33H32N2O5S2/c1-25-13-17-29(18-14-25)41(37,38)34-21-32(27-9-5-3-6-10-27)23-35(42(39,40)30-19-15-26(2)16-20-30)24-33(22-34,31(32)36)28-11-7-4-8-12-28/h3-20H,21-24H2,1-2H3. The minimum absolute atomic E-state index is 0.135. The summed E-state index contributed by atoms with van der Waals surface area (Å²) in [6.45, 7) is 3.05. The number of carbonyl (C=O) groups excluding carboxylic acids is 1. The van der Waals surface area contributed by atoms with E-state index in [-0.39, 0.29) is 41.8 Å². The normalized spacial score (nSPS) is 23.5. The lowest BCUT2D eigenvalue weighted by atomic mass is 9.59. The van der Waals surface area contributed by atoms with Gasteiger partial charge >= 0.3 is 0 Å². The Kier molecular flexibility index (Phi) is 6.97. The van der Waals surface area contributed by atoms with Crippen molar-refractivity contribution in [2.24, 2.45) is 0 Å². The molecule has 2 fully saturated rings. The number of fused-ring (bicyclic) bond motifs is 2. The fourth-order valence-corrected chi connectivity index (χ4v) is 9.48. The monoisotopic (exact) mass is 600 g/mol. The summed E-state index contributed by atoms with van der Waals surface area (Å²) in [7, 11) is -8.07. The zero-order valence-corrected chi connectivity index (χ0v) is 25.1. The average Bonchev–Trinajstić information content (AvgIpc) is 2.98. The lowest BCUT2D eigenvalue weighted by Gasteiger charge is -2.56. The second kappa shape index (κ2) is 10.3. The van der Waals surface area contributed by atoms with Gasteiger partial charge in [-0.15, -0.1) is 0 Å². The highest BCUT2D eigenvalue weighted by Crippen LogP contribution is 2.48. The van der Waals surface area contributed by atoms with Crippen LogP contribution < -0.4 is 0 Å². The molecule has 2 bridgehead atoms. The highest BCUT2D eigenvalue weighted by Gasteiger charge is 2.64. The Bertz CT molecular complexity index is 1690. The maximum absolute atomic E-state index is 14.9. The van der Waals surface area contributed by atoms with Gasteiger partial charge in [0.1, 0.15) is 0 Å². The summed E-state index contributed by atoms with van der Waals surface area (Å²) < 4.78 is 59.6. The first-order valence-electron chi connectivity index (χ1n) is 13.8. The Morgan fingerprint density at radius 1 is 0.500 bits per heavy atom. The van der Waals surface area contributed by atoms with Crippen molar-refractivity contribution in [3.8, 4) is 0 Å². The third kappa shape index (κ3) is 4.52. The molecule has 0 atom stereocenters. The third-order valence-corrected chi connectivity index (χ3v) is 12.2. The first-order chi connectivity index (χ1) is 20.0. The molecule has 4 aromatic rings. The minimum atomic E-state index is -4.03. The molecule has 0 unspecified atom stereocenters. The molecule has 9 heteroatoms. The molecule has 0 aromatic heterocycles. The first kappa shape index (κ1) is 28.5. The van der Waals surface area contributed by atoms with Gasteiger partial charge in [0, 0.05) is 26.2 Å². The van der Waals surface area contributed by atoms with Crippen LogP contribution in [0.15, 0.2) is 119 Å². The summed E-state index contributed by atoms with van der Waals surface area (Å²) in [5, 5.41) is 0. The van der Waals surface area contributed by atoms with Crippen LogP contribution in [0.25, 0.3) is 0 Å². The second-order valence-electron chi connectivity index (χ2n) is 11.4. The van der Waals surface area contributed by atoms with Crippen LogP contribution in [0.5, 0.6) is 0 Å². The summed E-state index contributed by atoms with van der Waals surface area (Å²) in [5.41, 5.74) is 0.147. The van der Waals surface area contributed by atoms with Gasteiger partial charge in [0.25, 0.3) is 0 Å². The molecule has 0 amide bonds. The van der Waals surface area contributed by atoms with Crippen LogP contribution in [0, 0.1) is 13.8 Å². The number of benzene rings is 4. The van der Waals surface area contributed by atoms with E-state index in [0.717, 1.165) is 11.1 Å². The Morgan fingerprint density at radius 3 is 1.12 bits per heavy atom. The van der Waals surface area contributed by atoms with Crippen LogP contribution in [0.4, 0.5) is 0 Å². The smallest absolute Gasteiger partial charge is 0.243 e. The van der Waals surface area contributed by atoms with Crippen molar-refractivity contribution in [2.75, 3.05) is 26.2 Å². The number of piperidine rings is 2. The molecule has 2 saturated heterocycles. The van der Waals surface area contributed by atoms with Crippen molar-refractivity contribution in [1.82, 2.24) is 8.61 Å². The quantitative estimate of drug-likeness (QED) is 0.326. The van der Waals surface area contributed by atoms with E-state index in [4.69, 9.17) is 0 Å². The molecule has 42 heavy (non-hydrogen) atoms. The third-order valence-electron chi connectivity index (χ3n) is 8.62. The number of rotatable bonds is 6. The average molecular weight is 601 g/mol. The highest BCUT2D eigenvalue weighted by molar-refractivity contribution is 7.89. The van der Waals surface area contributed by atoms with E-state index in [0.29, 0.717) is 11.1 Å². The van der Waals surface area contributed by atoms with Crippen molar-refractivity contribution >= 4 is 25.8 Å². The summed E-state index contributed by atoms with van der Waals surface area (Å²) in [6, 6.07) is 31.3. The number of nitrogens with zero attached hydrogens (tertiary/aromatic N) is 2. The van der Waals surface area contributed by atoms with Gasteiger partial charge in [0.05, 0.1) is 20.6 Å². The van der Waals surface area contributed by atoms with Gasteiger partial charge in [-0.05, 0) is 49.2 Å². The molecule has 0 saturated carbocycles. The Balaban J connectivity index is 1.58. The van der Waals surface area contributed by atoms with E-state index in [1.54, 1.807) is 97.1 Å². The zero-order chi connectivity index (χ0) is 29.8. The zero-order valence-electron chi connectivity index (χ0n) is 23.5. The molecule has 2 aliphatic heterocycles. The van der Waals surface area contributed by atoms with Crippen molar-refractivity contribution in [3.63, 3.8) is 0 Å². The van der Waals surface area contributed by atoms with Crippen LogP contribution >= 0.6 is 0 Å². The Hall–Kier alpha value is -3.63. The molecule has 4 aromatic carbocycles. The van der Waals surface area contributed by atoms with Gasteiger partial charge in [-0.3, -0.25) is 4.79 Å². The number of carbonyl (C=O) groups is 1. The maximum Gasteiger partial charge on any atom is 0.243 e. The predicted molar refractivity (Wildman–Crippen MR) is 161 cm³/mol. The van der Waals surface area contributed by atoms with Crippen molar-refractivity contribution in [3.05, 3.63) is 131 Å². The van der Waals surface area contributed by atoms with E-state index in [1.807, 2.05) is 26.0 Å². The number of aryl methyl sites for hydroxylation is 2. The van der Waals surface area contributed by atoms with Gasteiger partial charge in [-0.25, -0.2) is 16.8 Å². The number of hydrogen-bond donors (Lipinski definition) is 0. The van der Waals surface area contributed by atoms with Crippen LogP contribution in [0.3, 0.4) is 0 Å². The van der Waals surface area contributed by atoms with Crippen LogP contribution in [0.1, 0.15) is 22.3 Å². The lowest BCUT2D eigenvalue weighted by Crippen LogP contribution is -2.74. The molecule has 2 heterocycles. The Labute approximate surface area is 247 Å². The SMILES string of the molecule is Cc1ccc(S(=O)(=O)N2CC3(c4ccccc4)CN(S(=O)(=O)c4ccc(C)cc4)CC(c4ccccc4)(C2)C3=O)cc1. The molecular formula is C33H32N2O5S2. The first-order valence-corrected chi connectivity index (χ1v) is 16.7. The summed E-state index contributed by atoms with van der Waals surface area (Å²) in [4.78, 5) is 15.2. The van der Waals surface area contributed by atoms with E-state index in [1.165, 1.54) is 8.61 Å². The van der Waals surface area contributed by atoms with Gasteiger partial charge in [-0.1, -0.05) is 96.1 Å². The molecule has 0 radical (unpaired) electrons. The molecule has 216 valence electrons. The van der Waals surface area contributed by atoms with Crippen LogP contribution in [-0.4, -0.2) is 57.4 Å². The van der Waals surface area contributed by atoms with E-state index < -0.39 is 30.9 Å². The number of sulfonamides is 2. The second-order valence-corrected chi connectivity index (χ2v) is 15.3. The van der Waals surface area contributed by atoms with E-state index in [9.17, 15) is 21.6 Å². The number of hydrogen-bond acceptors (Lipinski definition) is 5. The fourth-order valence-electron chi connectivity index (χ4n) is 6.36. The summed E-state index contributed by atoms with van der Waals surface area (Å²) >= 11 is 0. The molecule has 0 spiro atoms. The largest absolute Gasteiger partial charge is 0.297 e. The lowest BCUT2D eigenvalue weighted by molar-refractivity contribution is -0.139. The molecule has 7 nitrogen and oxygen atoms in total. The highest BCUT2D eigenvalue weighted by atomic mass is 32.2. The van der Waals surface area contributed by atoms with Crippen molar-refractivity contribution in [1.29, 1.82) is 0 Å². The van der Waals surface area contributed by atoms with Gasteiger partial charge in [0.15, 0.2) is 5.78 Å². The fraction of sp³-hybridized carbons (Fsp3) is 0.242. The van der Waals surface area contributed by atoms with Crippen LogP contribution in [0.2, 0.25) is 0 Å². The topological polar surface area (TPSA) is 91.8 Å². The molecule has 0 aliphatic carbocycles. The van der Waals surface area contributed by atoms with Gasteiger partial charge in [-0.2, -0.15) is 8.61 Å². The minimum Gasteiger partial charge on any atom is -0.297 e. The van der Waals surface area contributed by atoms with Crippen molar-refractivity contribution in [2.45, 2.75) is 34.5 Å². The van der Waals surface area contributed by atoms with E-state index >= 15 is 0 Å². The molecular weight excluding hydrogens is 569 g/mol. The summed E-state index contributed by atoms with van der Waals surface area (Å²) in [6.07, 6.45) is 0. The Morgan fingerprint density at radius 2 is 0.810 bits per heavy atom. The number of ketones is 1. The molecule has 0 N–H and O–H groups in total. The molecule has 6 rings (SSSR count). The predicted octanol–water partition coefficient (Wildman–Crippen LogP) is 4.46.